The van der Waals surface area contributed by atoms with Crippen molar-refractivity contribution in [2.45, 2.75) is 18.6 Å². The Hall–Kier alpha value is -1.56. The quantitative estimate of drug-likeness (QED) is 0.905. The Labute approximate surface area is 123 Å². The van der Waals surface area contributed by atoms with Crippen molar-refractivity contribution in [3.8, 4) is 17.2 Å². The van der Waals surface area contributed by atoms with Crippen molar-refractivity contribution in [2.75, 3.05) is 33.2 Å². The zero-order valence-corrected chi connectivity index (χ0v) is 13.0. The summed E-state index contributed by atoms with van der Waals surface area (Å²) in [4.78, 5) is 4.49. The van der Waals surface area contributed by atoms with Gasteiger partial charge in [-0.25, -0.2) is 0 Å². The minimum absolute atomic E-state index is 0.569. The van der Waals surface area contributed by atoms with Crippen LogP contribution in [0.25, 0.3) is 0 Å². The van der Waals surface area contributed by atoms with E-state index in [2.05, 4.69) is 17.2 Å². The van der Waals surface area contributed by atoms with Crippen molar-refractivity contribution in [3.63, 3.8) is 0 Å². The lowest BCUT2D eigenvalue weighted by atomic mass is 10.2. The maximum atomic E-state index is 5.33. The second kappa shape index (κ2) is 6.74. The average Bonchev–Trinajstić information content (AvgIpc) is 2.93. The van der Waals surface area contributed by atoms with E-state index in [0.29, 0.717) is 22.5 Å². The van der Waals surface area contributed by atoms with E-state index < -0.39 is 0 Å². The molecule has 0 fully saturated rings. The van der Waals surface area contributed by atoms with Gasteiger partial charge in [-0.15, -0.1) is 0 Å². The van der Waals surface area contributed by atoms with Gasteiger partial charge in [-0.2, -0.15) is 0 Å². The number of hydrogen-bond donors (Lipinski definition) is 1. The summed E-state index contributed by atoms with van der Waals surface area (Å²) in [5, 5.41) is 4.81. The van der Waals surface area contributed by atoms with Crippen LogP contribution < -0.4 is 19.5 Å². The molecule has 1 heterocycles. The first kappa shape index (κ1) is 14.8. The van der Waals surface area contributed by atoms with Crippen molar-refractivity contribution in [1.29, 1.82) is 0 Å². The number of ether oxygens (including phenoxy) is 3. The fourth-order valence-electron chi connectivity index (χ4n) is 1.98. The molecule has 1 atom stereocenters. The van der Waals surface area contributed by atoms with Gasteiger partial charge in [0.2, 0.25) is 5.75 Å². The largest absolute Gasteiger partial charge is 0.493 e. The van der Waals surface area contributed by atoms with Gasteiger partial charge in [-0.1, -0.05) is 18.7 Å². The Kier molecular flexibility index (Phi) is 5.00. The summed E-state index contributed by atoms with van der Waals surface area (Å²) in [7, 11) is 4.81. The van der Waals surface area contributed by atoms with Crippen LogP contribution in [0.2, 0.25) is 0 Å². The molecule has 0 bridgehead atoms. The van der Waals surface area contributed by atoms with Gasteiger partial charge in [0.15, 0.2) is 16.7 Å². The van der Waals surface area contributed by atoms with Crippen LogP contribution in [0.15, 0.2) is 17.1 Å². The second-order valence-corrected chi connectivity index (χ2v) is 5.62. The number of thioether (sulfide) groups is 1. The molecule has 2 rings (SSSR count). The van der Waals surface area contributed by atoms with E-state index in [1.165, 1.54) is 0 Å². The molecule has 0 amide bonds. The van der Waals surface area contributed by atoms with Crippen molar-refractivity contribution in [3.05, 3.63) is 12.1 Å². The van der Waals surface area contributed by atoms with Crippen LogP contribution in [-0.2, 0) is 0 Å². The molecule has 1 unspecified atom stereocenters. The molecular weight excluding hydrogens is 276 g/mol. The van der Waals surface area contributed by atoms with Crippen LogP contribution in [0, 0.1) is 0 Å². The highest BCUT2D eigenvalue weighted by atomic mass is 32.2. The average molecular weight is 296 g/mol. The van der Waals surface area contributed by atoms with E-state index in [4.69, 9.17) is 14.2 Å². The first-order valence-electron chi connectivity index (χ1n) is 6.50. The summed E-state index contributed by atoms with van der Waals surface area (Å²) in [5.41, 5.74) is 0.877. The standard InChI is InChI=1S/C14H20N2O3S/c1-5-10-8-15-14(20-10)16-9-6-11(17-2)13(19-4)12(7-9)18-3/h6-7,10H,5,8H2,1-4H3,(H,15,16). The summed E-state index contributed by atoms with van der Waals surface area (Å²) in [6, 6.07) is 3.76. The number of methoxy groups -OCH3 is 3. The molecule has 5 nitrogen and oxygen atoms in total. The van der Waals surface area contributed by atoms with Gasteiger partial charge >= 0.3 is 0 Å². The van der Waals surface area contributed by atoms with E-state index in [0.717, 1.165) is 23.8 Å². The normalized spacial score (nSPS) is 17.6. The van der Waals surface area contributed by atoms with Gasteiger partial charge in [0, 0.05) is 23.1 Å². The molecule has 1 aromatic rings. The molecule has 1 N–H and O–H groups in total. The van der Waals surface area contributed by atoms with E-state index in [1.54, 1.807) is 33.1 Å². The molecule has 0 saturated carbocycles. The maximum absolute atomic E-state index is 5.33. The molecule has 0 aromatic heterocycles. The highest BCUT2D eigenvalue weighted by Crippen LogP contribution is 2.40. The molecule has 0 aliphatic carbocycles. The first-order valence-corrected chi connectivity index (χ1v) is 7.37. The third-order valence-electron chi connectivity index (χ3n) is 3.09. The number of amidine groups is 1. The Balaban J connectivity index is 2.20. The molecule has 1 aromatic carbocycles. The maximum Gasteiger partial charge on any atom is 0.203 e. The number of hydrogen-bond acceptors (Lipinski definition) is 6. The lowest BCUT2D eigenvalue weighted by Gasteiger charge is -2.15. The van der Waals surface area contributed by atoms with Crippen LogP contribution in [0.3, 0.4) is 0 Å². The Morgan fingerprint density at radius 3 is 2.30 bits per heavy atom. The number of rotatable bonds is 5. The number of nitrogens with one attached hydrogen (secondary N) is 1. The molecule has 110 valence electrons. The van der Waals surface area contributed by atoms with E-state index >= 15 is 0 Å². The van der Waals surface area contributed by atoms with E-state index in [9.17, 15) is 0 Å². The summed E-state index contributed by atoms with van der Waals surface area (Å²) in [5.74, 6) is 1.85. The Morgan fingerprint density at radius 2 is 1.85 bits per heavy atom. The van der Waals surface area contributed by atoms with E-state index in [-0.39, 0.29) is 0 Å². The van der Waals surface area contributed by atoms with Crippen LogP contribution >= 0.6 is 11.8 Å². The lowest BCUT2D eigenvalue weighted by Crippen LogP contribution is -2.07. The molecule has 0 radical (unpaired) electrons. The molecule has 1 aliphatic rings. The molecule has 20 heavy (non-hydrogen) atoms. The first-order chi connectivity index (χ1) is 9.71. The predicted molar refractivity (Wildman–Crippen MR) is 83.7 cm³/mol. The van der Waals surface area contributed by atoms with E-state index in [1.807, 2.05) is 12.1 Å². The summed E-state index contributed by atoms with van der Waals surface area (Å²) in [6.45, 7) is 3.05. The molecule has 6 heteroatoms. The SMILES string of the molecule is CCC1CN=C(Nc2cc(OC)c(OC)c(OC)c2)S1. The second-order valence-electron chi connectivity index (χ2n) is 4.33. The summed E-state index contributed by atoms with van der Waals surface area (Å²) in [6.07, 6.45) is 1.12. The van der Waals surface area contributed by atoms with Crippen molar-refractivity contribution in [1.82, 2.24) is 0 Å². The smallest absolute Gasteiger partial charge is 0.203 e. The van der Waals surface area contributed by atoms with Gasteiger partial charge in [0.1, 0.15) is 0 Å². The number of anilines is 1. The molecular formula is C14H20N2O3S. The lowest BCUT2D eigenvalue weighted by molar-refractivity contribution is 0.324. The third kappa shape index (κ3) is 3.12. The number of nitrogens with zero attached hydrogens (tertiary/aromatic N) is 1. The fourth-order valence-corrected chi connectivity index (χ4v) is 2.93. The van der Waals surface area contributed by atoms with Crippen LogP contribution in [0.5, 0.6) is 17.2 Å². The Bertz CT molecular complexity index is 480. The Morgan fingerprint density at radius 1 is 1.20 bits per heavy atom. The molecule has 0 spiro atoms. The minimum Gasteiger partial charge on any atom is -0.493 e. The third-order valence-corrected chi connectivity index (χ3v) is 4.36. The highest BCUT2D eigenvalue weighted by Gasteiger charge is 2.19. The summed E-state index contributed by atoms with van der Waals surface area (Å²) < 4.78 is 16.0. The zero-order valence-electron chi connectivity index (χ0n) is 12.2. The summed E-state index contributed by atoms with van der Waals surface area (Å²) >= 11 is 1.77. The zero-order chi connectivity index (χ0) is 14.5. The van der Waals surface area contributed by atoms with Crippen LogP contribution in [-0.4, -0.2) is 38.3 Å². The van der Waals surface area contributed by atoms with Crippen molar-refractivity contribution < 1.29 is 14.2 Å². The number of aliphatic imine (C=N–C) groups is 1. The van der Waals surface area contributed by atoms with Gasteiger partial charge in [0.25, 0.3) is 0 Å². The van der Waals surface area contributed by atoms with Crippen molar-refractivity contribution in [2.24, 2.45) is 4.99 Å². The fraction of sp³-hybridized carbons (Fsp3) is 0.500. The molecule has 0 saturated heterocycles. The monoisotopic (exact) mass is 296 g/mol. The van der Waals surface area contributed by atoms with Gasteiger partial charge < -0.3 is 19.5 Å². The van der Waals surface area contributed by atoms with Crippen LogP contribution in [0.4, 0.5) is 5.69 Å². The number of benzene rings is 1. The topological polar surface area (TPSA) is 52.1 Å². The van der Waals surface area contributed by atoms with Crippen LogP contribution in [0.1, 0.15) is 13.3 Å². The predicted octanol–water partition coefficient (Wildman–Crippen LogP) is 3.01. The van der Waals surface area contributed by atoms with Crippen molar-refractivity contribution >= 4 is 22.6 Å². The highest BCUT2D eigenvalue weighted by molar-refractivity contribution is 8.15. The molecule has 1 aliphatic heterocycles. The van der Waals surface area contributed by atoms with Gasteiger partial charge in [-0.05, 0) is 6.42 Å². The van der Waals surface area contributed by atoms with Gasteiger partial charge in [-0.3, -0.25) is 4.99 Å². The minimum atomic E-state index is 0.569. The van der Waals surface area contributed by atoms with Gasteiger partial charge in [0.05, 0.1) is 27.9 Å².